The van der Waals surface area contributed by atoms with Crippen molar-refractivity contribution < 1.29 is 14.1 Å². The minimum Gasteiger partial charge on any atom is -0.321 e. The van der Waals surface area contributed by atoms with Gasteiger partial charge in [0.05, 0.1) is 16.2 Å². The molecule has 1 amide bonds. The molecule has 1 N–H and O–H groups in total. The summed E-state index contributed by atoms with van der Waals surface area (Å²) in [7, 11) is 0. The van der Waals surface area contributed by atoms with Gasteiger partial charge < -0.3 is 5.32 Å². The van der Waals surface area contributed by atoms with Gasteiger partial charge in [-0.15, -0.1) is 0 Å². The van der Waals surface area contributed by atoms with Crippen LogP contribution in [-0.4, -0.2) is 10.8 Å². The molecule has 0 unspecified atom stereocenters. The molecule has 2 rings (SSSR count). The molecule has 0 bridgehead atoms. The van der Waals surface area contributed by atoms with Crippen molar-refractivity contribution in [2.75, 3.05) is 5.32 Å². The Labute approximate surface area is 114 Å². The lowest BCUT2D eigenvalue weighted by Gasteiger charge is -2.08. The molecule has 2 aromatic rings. The van der Waals surface area contributed by atoms with Crippen molar-refractivity contribution in [2.45, 2.75) is 6.92 Å². The highest BCUT2D eigenvalue weighted by Gasteiger charge is 2.15. The van der Waals surface area contributed by atoms with Crippen LogP contribution in [0.3, 0.4) is 0 Å². The van der Waals surface area contributed by atoms with Gasteiger partial charge in [0.25, 0.3) is 11.6 Å². The normalized spacial score (nSPS) is 10.1. The van der Waals surface area contributed by atoms with Crippen LogP contribution in [0.25, 0.3) is 0 Å². The summed E-state index contributed by atoms with van der Waals surface area (Å²) in [6, 6.07) is 9.60. The molecule has 102 valence electrons. The second kappa shape index (κ2) is 5.48. The van der Waals surface area contributed by atoms with Gasteiger partial charge in [0.1, 0.15) is 5.82 Å². The van der Waals surface area contributed by atoms with Gasteiger partial charge in [-0.2, -0.15) is 0 Å². The fourth-order valence-electron chi connectivity index (χ4n) is 1.78. The number of benzene rings is 2. The SMILES string of the molecule is Cc1c(NC(=O)c2cccc(F)c2)cccc1[N+](=O)[O-]. The zero-order valence-corrected chi connectivity index (χ0v) is 10.6. The number of nitro groups is 1. The maximum Gasteiger partial charge on any atom is 0.274 e. The molecule has 0 aliphatic heterocycles. The average Bonchev–Trinajstić information content (AvgIpc) is 2.40. The van der Waals surface area contributed by atoms with E-state index in [2.05, 4.69) is 5.32 Å². The number of hydrogen-bond acceptors (Lipinski definition) is 3. The highest BCUT2D eigenvalue weighted by molar-refractivity contribution is 6.04. The molecule has 0 radical (unpaired) electrons. The molecule has 0 fully saturated rings. The molecule has 0 saturated heterocycles. The molecule has 0 spiro atoms. The first-order chi connectivity index (χ1) is 9.49. The summed E-state index contributed by atoms with van der Waals surface area (Å²) in [5.74, 6) is -1.04. The van der Waals surface area contributed by atoms with E-state index in [4.69, 9.17) is 0 Å². The maximum atomic E-state index is 13.0. The Hall–Kier alpha value is -2.76. The van der Waals surface area contributed by atoms with E-state index in [1.165, 1.54) is 30.3 Å². The third kappa shape index (κ3) is 2.80. The number of carbonyl (C=O) groups is 1. The zero-order chi connectivity index (χ0) is 14.7. The van der Waals surface area contributed by atoms with Gasteiger partial charge >= 0.3 is 0 Å². The largest absolute Gasteiger partial charge is 0.321 e. The molecule has 6 heteroatoms. The average molecular weight is 274 g/mol. The van der Waals surface area contributed by atoms with Crippen molar-refractivity contribution in [2.24, 2.45) is 0 Å². The first kappa shape index (κ1) is 13.7. The van der Waals surface area contributed by atoms with Gasteiger partial charge in [-0.1, -0.05) is 12.1 Å². The highest BCUT2D eigenvalue weighted by atomic mass is 19.1. The van der Waals surface area contributed by atoms with Crippen LogP contribution in [0.15, 0.2) is 42.5 Å². The number of rotatable bonds is 3. The molecule has 0 aliphatic carbocycles. The first-order valence-electron chi connectivity index (χ1n) is 5.80. The van der Waals surface area contributed by atoms with E-state index >= 15 is 0 Å². The van der Waals surface area contributed by atoms with Gasteiger partial charge in [-0.05, 0) is 31.2 Å². The summed E-state index contributed by atoms with van der Waals surface area (Å²) in [6.07, 6.45) is 0. The van der Waals surface area contributed by atoms with E-state index in [0.717, 1.165) is 6.07 Å². The fourth-order valence-corrected chi connectivity index (χ4v) is 1.78. The van der Waals surface area contributed by atoms with Crippen molar-refractivity contribution in [1.82, 2.24) is 0 Å². The van der Waals surface area contributed by atoms with Crippen molar-refractivity contribution in [3.63, 3.8) is 0 Å². The number of nitrogens with zero attached hydrogens (tertiary/aromatic N) is 1. The molecular formula is C14H11FN2O3. The first-order valence-corrected chi connectivity index (χ1v) is 5.80. The minimum absolute atomic E-state index is 0.0814. The molecule has 0 saturated carbocycles. The maximum absolute atomic E-state index is 13.0. The second-order valence-electron chi connectivity index (χ2n) is 4.17. The topological polar surface area (TPSA) is 72.2 Å². The predicted molar refractivity (Wildman–Crippen MR) is 72.2 cm³/mol. The van der Waals surface area contributed by atoms with E-state index in [9.17, 15) is 19.3 Å². The Bertz CT molecular complexity index is 686. The van der Waals surface area contributed by atoms with Crippen molar-refractivity contribution in [3.8, 4) is 0 Å². The van der Waals surface area contributed by atoms with Crippen LogP contribution in [0.5, 0.6) is 0 Å². The van der Waals surface area contributed by atoms with Crippen LogP contribution < -0.4 is 5.32 Å². The van der Waals surface area contributed by atoms with Crippen LogP contribution >= 0.6 is 0 Å². The Kier molecular flexibility index (Phi) is 3.74. The summed E-state index contributed by atoms with van der Waals surface area (Å²) in [5.41, 5.74) is 0.744. The molecule has 0 aliphatic rings. The smallest absolute Gasteiger partial charge is 0.274 e. The molecule has 20 heavy (non-hydrogen) atoms. The van der Waals surface area contributed by atoms with Crippen LogP contribution in [0.2, 0.25) is 0 Å². The quantitative estimate of drug-likeness (QED) is 0.689. The Morgan fingerprint density at radius 1 is 1.25 bits per heavy atom. The summed E-state index contributed by atoms with van der Waals surface area (Å²) in [4.78, 5) is 22.2. The van der Waals surface area contributed by atoms with Crippen molar-refractivity contribution in [3.05, 3.63) is 69.5 Å². The number of anilines is 1. The number of nitro benzene ring substituents is 1. The number of halogens is 1. The minimum atomic E-state index is -0.521. The van der Waals surface area contributed by atoms with Gasteiger partial charge in [0, 0.05) is 11.6 Å². The van der Waals surface area contributed by atoms with E-state index in [1.807, 2.05) is 0 Å². The lowest BCUT2D eigenvalue weighted by molar-refractivity contribution is -0.385. The molecule has 0 aromatic heterocycles. The summed E-state index contributed by atoms with van der Waals surface area (Å²) in [5, 5.41) is 13.4. The van der Waals surface area contributed by atoms with Gasteiger partial charge in [0.15, 0.2) is 0 Å². The number of carbonyl (C=O) groups excluding carboxylic acids is 1. The fraction of sp³-hybridized carbons (Fsp3) is 0.0714. The predicted octanol–water partition coefficient (Wildman–Crippen LogP) is 3.29. The third-order valence-electron chi connectivity index (χ3n) is 2.84. The zero-order valence-electron chi connectivity index (χ0n) is 10.6. The molecule has 5 nitrogen and oxygen atoms in total. The standard InChI is InChI=1S/C14H11FN2O3/c1-9-12(6-3-7-13(9)17(19)20)16-14(18)10-4-2-5-11(15)8-10/h2-8H,1H3,(H,16,18). The monoisotopic (exact) mass is 274 g/mol. The van der Waals surface area contributed by atoms with Crippen molar-refractivity contribution >= 4 is 17.3 Å². The van der Waals surface area contributed by atoms with E-state index in [-0.39, 0.29) is 11.3 Å². The summed E-state index contributed by atoms with van der Waals surface area (Å²) >= 11 is 0. The number of nitrogens with one attached hydrogen (secondary N) is 1. The van der Waals surface area contributed by atoms with Crippen LogP contribution in [0.4, 0.5) is 15.8 Å². The van der Waals surface area contributed by atoms with Crippen LogP contribution in [0, 0.1) is 22.9 Å². The van der Waals surface area contributed by atoms with Gasteiger partial charge in [-0.25, -0.2) is 4.39 Å². The molecule has 2 aromatic carbocycles. The lowest BCUT2D eigenvalue weighted by atomic mass is 10.1. The number of hydrogen-bond donors (Lipinski definition) is 1. The molecular weight excluding hydrogens is 263 g/mol. The van der Waals surface area contributed by atoms with Gasteiger partial charge in [0.2, 0.25) is 0 Å². The second-order valence-corrected chi connectivity index (χ2v) is 4.17. The van der Waals surface area contributed by atoms with E-state index in [1.54, 1.807) is 13.0 Å². The Balaban J connectivity index is 2.29. The third-order valence-corrected chi connectivity index (χ3v) is 2.84. The Morgan fingerprint density at radius 3 is 2.60 bits per heavy atom. The number of amides is 1. The summed E-state index contributed by atoms with van der Waals surface area (Å²) in [6.45, 7) is 1.54. The molecule has 0 atom stereocenters. The lowest BCUT2D eigenvalue weighted by Crippen LogP contribution is -2.13. The van der Waals surface area contributed by atoms with Crippen LogP contribution in [0.1, 0.15) is 15.9 Å². The molecule has 0 heterocycles. The van der Waals surface area contributed by atoms with E-state index in [0.29, 0.717) is 11.3 Å². The van der Waals surface area contributed by atoms with Crippen LogP contribution in [-0.2, 0) is 0 Å². The van der Waals surface area contributed by atoms with Gasteiger partial charge in [-0.3, -0.25) is 14.9 Å². The Morgan fingerprint density at radius 2 is 1.95 bits per heavy atom. The van der Waals surface area contributed by atoms with Crippen molar-refractivity contribution in [1.29, 1.82) is 0 Å². The highest BCUT2D eigenvalue weighted by Crippen LogP contribution is 2.25. The van der Waals surface area contributed by atoms with E-state index < -0.39 is 16.6 Å². The summed E-state index contributed by atoms with van der Waals surface area (Å²) < 4.78 is 13.0.